The number of nitrogens with one attached hydrogen (secondary N) is 1. The largest absolute Gasteiger partial charge is 0.496 e. The number of nitrogens with zero attached hydrogens (tertiary/aromatic N) is 1. The van der Waals surface area contributed by atoms with Crippen LogP contribution in [0.1, 0.15) is 21.5 Å². The van der Waals surface area contributed by atoms with Crippen LogP contribution in [0.25, 0.3) is 0 Å². The van der Waals surface area contributed by atoms with Gasteiger partial charge in [0, 0.05) is 22.9 Å². The van der Waals surface area contributed by atoms with Crippen molar-refractivity contribution in [2.75, 3.05) is 12.4 Å². The summed E-state index contributed by atoms with van der Waals surface area (Å²) in [5.74, 6) is -1.14. The second kappa shape index (κ2) is 6.80. The molecule has 6 nitrogen and oxygen atoms in total. The van der Waals surface area contributed by atoms with Crippen LogP contribution in [0.15, 0.2) is 36.4 Å². The SMILES string of the molecule is COc1ccc(NC(=O)c2ccc(C)c([N+](=O)[O-])c2)cc1C(F)(F)F. The molecule has 1 N–H and O–H groups in total. The zero-order valence-electron chi connectivity index (χ0n) is 13.2. The fourth-order valence-electron chi connectivity index (χ4n) is 2.16. The number of nitro benzene ring substituents is 1. The summed E-state index contributed by atoms with van der Waals surface area (Å²) in [6.07, 6.45) is -4.66. The number of hydrogen-bond acceptors (Lipinski definition) is 4. The molecule has 2 rings (SSSR count). The number of carbonyl (C=O) groups excluding carboxylic acids is 1. The first-order valence-electron chi connectivity index (χ1n) is 6.95. The molecular formula is C16H13F3N2O4. The molecule has 0 aliphatic carbocycles. The molecule has 0 spiro atoms. The summed E-state index contributed by atoms with van der Waals surface area (Å²) in [5.41, 5.74) is -1.07. The summed E-state index contributed by atoms with van der Waals surface area (Å²) >= 11 is 0. The molecule has 0 radical (unpaired) electrons. The van der Waals surface area contributed by atoms with Gasteiger partial charge in [0.2, 0.25) is 0 Å². The first kappa shape index (κ1) is 18.2. The summed E-state index contributed by atoms with van der Waals surface area (Å²) < 4.78 is 43.6. The standard InChI is InChI=1S/C16H13F3N2O4/c1-9-3-4-10(7-13(9)21(23)24)15(22)20-11-5-6-14(25-2)12(8-11)16(17,18)19/h3-8H,1-2H3,(H,20,22). The number of ether oxygens (including phenoxy) is 1. The van der Waals surface area contributed by atoms with Crippen LogP contribution < -0.4 is 10.1 Å². The second-order valence-corrected chi connectivity index (χ2v) is 5.13. The lowest BCUT2D eigenvalue weighted by atomic mass is 10.1. The molecule has 0 heterocycles. The Hall–Kier alpha value is -3.10. The molecule has 9 heteroatoms. The molecule has 0 aromatic heterocycles. The van der Waals surface area contributed by atoms with Crippen LogP contribution in [0.4, 0.5) is 24.5 Å². The molecule has 2 aromatic carbocycles. The van der Waals surface area contributed by atoms with E-state index in [1.807, 2.05) is 0 Å². The molecule has 25 heavy (non-hydrogen) atoms. The number of carbonyl (C=O) groups is 1. The fourth-order valence-corrected chi connectivity index (χ4v) is 2.16. The van der Waals surface area contributed by atoms with E-state index in [-0.39, 0.29) is 22.7 Å². The Morgan fingerprint density at radius 3 is 2.44 bits per heavy atom. The van der Waals surface area contributed by atoms with Gasteiger partial charge in [0.25, 0.3) is 11.6 Å². The molecule has 2 aromatic rings. The predicted octanol–water partition coefficient (Wildman–Crippen LogP) is 4.18. The van der Waals surface area contributed by atoms with Crippen LogP contribution in [0, 0.1) is 17.0 Å². The van der Waals surface area contributed by atoms with Crippen LogP contribution in [-0.2, 0) is 6.18 Å². The zero-order chi connectivity index (χ0) is 18.8. The number of nitro groups is 1. The van der Waals surface area contributed by atoms with E-state index in [9.17, 15) is 28.1 Å². The highest BCUT2D eigenvalue weighted by Gasteiger charge is 2.34. The number of aryl methyl sites for hydroxylation is 1. The van der Waals surface area contributed by atoms with Gasteiger partial charge in [0.05, 0.1) is 17.6 Å². The number of amides is 1. The molecule has 0 bridgehead atoms. The van der Waals surface area contributed by atoms with Crippen LogP contribution in [0.3, 0.4) is 0 Å². The third kappa shape index (κ3) is 4.06. The quantitative estimate of drug-likeness (QED) is 0.660. The van der Waals surface area contributed by atoms with E-state index in [2.05, 4.69) is 10.1 Å². The van der Waals surface area contributed by atoms with Crippen LogP contribution in [0.2, 0.25) is 0 Å². The zero-order valence-corrected chi connectivity index (χ0v) is 13.2. The Kier molecular flexibility index (Phi) is 4.96. The smallest absolute Gasteiger partial charge is 0.420 e. The van der Waals surface area contributed by atoms with E-state index >= 15 is 0 Å². The van der Waals surface area contributed by atoms with Crippen molar-refractivity contribution < 1.29 is 27.6 Å². The lowest BCUT2D eigenvalue weighted by Gasteiger charge is -2.14. The van der Waals surface area contributed by atoms with Crippen molar-refractivity contribution in [3.05, 3.63) is 63.2 Å². The molecule has 1 amide bonds. The highest BCUT2D eigenvalue weighted by atomic mass is 19.4. The van der Waals surface area contributed by atoms with Gasteiger partial charge in [0.1, 0.15) is 5.75 Å². The van der Waals surface area contributed by atoms with Gasteiger partial charge in [-0.2, -0.15) is 13.2 Å². The van der Waals surface area contributed by atoms with Gasteiger partial charge in [-0.25, -0.2) is 0 Å². The Balaban J connectivity index is 2.32. The lowest BCUT2D eigenvalue weighted by molar-refractivity contribution is -0.385. The van der Waals surface area contributed by atoms with Crippen LogP contribution >= 0.6 is 0 Å². The monoisotopic (exact) mass is 354 g/mol. The fraction of sp³-hybridized carbons (Fsp3) is 0.188. The molecule has 0 fully saturated rings. The van der Waals surface area contributed by atoms with Crippen molar-refractivity contribution in [3.63, 3.8) is 0 Å². The Bertz CT molecular complexity index is 835. The molecule has 132 valence electrons. The van der Waals surface area contributed by atoms with Crippen molar-refractivity contribution in [2.45, 2.75) is 13.1 Å². The summed E-state index contributed by atoms with van der Waals surface area (Å²) in [5, 5.41) is 13.2. The first-order chi connectivity index (χ1) is 11.6. The minimum atomic E-state index is -4.66. The number of methoxy groups -OCH3 is 1. The predicted molar refractivity (Wildman–Crippen MR) is 83.8 cm³/mol. The van der Waals surface area contributed by atoms with E-state index < -0.39 is 22.6 Å². The minimum absolute atomic E-state index is 0.0401. The number of halogens is 3. The molecule has 0 saturated heterocycles. The summed E-state index contributed by atoms with van der Waals surface area (Å²) in [6, 6.07) is 6.87. The maximum absolute atomic E-state index is 13.0. The van der Waals surface area contributed by atoms with Crippen molar-refractivity contribution in [3.8, 4) is 5.75 Å². The van der Waals surface area contributed by atoms with E-state index in [0.29, 0.717) is 5.56 Å². The summed E-state index contributed by atoms with van der Waals surface area (Å²) in [4.78, 5) is 22.4. The molecule has 0 aliphatic heterocycles. The van der Waals surface area contributed by atoms with Gasteiger partial charge in [-0.05, 0) is 31.2 Å². The van der Waals surface area contributed by atoms with Crippen molar-refractivity contribution >= 4 is 17.3 Å². The second-order valence-electron chi connectivity index (χ2n) is 5.13. The third-order valence-electron chi connectivity index (χ3n) is 3.43. The molecule has 0 aliphatic rings. The number of hydrogen-bond donors (Lipinski definition) is 1. The maximum atomic E-state index is 13.0. The normalized spacial score (nSPS) is 11.1. The van der Waals surface area contributed by atoms with E-state index in [4.69, 9.17) is 0 Å². The highest BCUT2D eigenvalue weighted by Crippen LogP contribution is 2.37. The summed E-state index contributed by atoms with van der Waals surface area (Å²) in [7, 11) is 1.11. The lowest BCUT2D eigenvalue weighted by Crippen LogP contribution is -2.14. The Morgan fingerprint density at radius 1 is 1.20 bits per heavy atom. The minimum Gasteiger partial charge on any atom is -0.496 e. The van der Waals surface area contributed by atoms with Gasteiger partial charge < -0.3 is 10.1 Å². The molecule has 0 unspecified atom stereocenters. The topological polar surface area (TPSA) is 81.5 Å². The van der Waals surface area contributed by atoms with E-state index in [1.54, 1.807) is 0 Å². The first-order valence-corrected chi connectivity index (χ1v) is 6.95. The number of alkyl halides is 3. The van der Waals surface area contributed by atoms with Crippen molar-refractivity contribution in [1.82, 2.24) is 0 Å². The van der Waals surface area contributed by atoms with E-state index in [0.717, 1.165) is 25.3 Å². The van der Waals surface area contributed by atoms with Crippen molar-refractivity contribution in [1.29, 1.82) is 0 Å². The van der Waals surface area contributed by atoms with Gasteiger partial charge in [-0.3, -0.25) is 14.9 Å². The average Bonchev–Trinajstić information content (AvgIpc) is 2.54. The number of rotatable bonds is 4. The van der Waals surface area contributed by atoms with E-state index in [1.165, 1.54) is 25.1 Å². The summed E-state index contributed by atoms with van der Waals surface area (Å²) in [6.45, 7) is 1.51. The average molecular weight is 354 g/mol. The number of benzene rings is 2. The molecule has 0 atom stereocenters. The number of anilines is 1. The Morgan fingerprint density at radius 2 is 1.88 bits per heavy atom. The van der Waals surface area contributed by atoms with Gasteiger partial charge in [-0.15, -0.1) is 0 Å². The van der Waals surface area contributed by atoms with Crippen molar-refractivity contribution in [2.24, 2.45) is 0 Å². The van der Waals surface area contributed by atoms with Gasteiger partial charge in [-0.1, -0.05) is 6.07 Å². The van der Waals surface area contributed by atoms with Gasteiger partial charge >= 0.3 is 6.18 Å². The maximum Gasteiger partial charge on any atom is 0.420 e. The van der Waals surface area contributed by atoms with Crippen LogP contribution in [-0.4, -0.2) is 17.9 Å². The highest BCUT2D eigenvalue weighted by molar-refractivity contribution is 6.04. The molecular weight excluding hydrogens is 341 g/mol. The molecule has 0 saturated carbocycles. The third-order valence-corrected chi connectivity index (χ3v) is 3.43. The van der Waals surface area contributed by atoms with Crippen LogP contribution in [0.5, 0.6) is 5.75 Å². The Labute approximate surface area is 140 Å². The van der Waals surface area contributed by atoms with Gasteiger partial charge in [0.15, 0.2) is 0 Å².